The van der Waals surface area contributed by atoms with Gasteiger partial charge in [-0.25, -0.2) is 0 Å². The van der Waals surface area contributed by atoms with E-state index in [0.29, 0.717) is 19.4 Å². The number of rotatable bonds is 42. The summed E-state index contributed by atoms with van der Waals surface area (Å²) in [6.07, 6.45) is 40.6. The van der Waals surface area contributed by atoms with Crippen molar-refractivity contribution in [3.63, 3.8) is 0 Å². The fourth-order valence-electron chi connectivity index (χ4n) is 7.56. The molecular weight excluding hydrogens is 799 g/mol. The summed E-state index contributed by atoms with van der Waals surface area (Å²) in [6.45, 7) is 4.17. The van der Waals surface area contributed by atoms with E-state index in [1.807, 2.05) is 6.08 Å². The lowest BCUT2D eigenvalue weighted by Gasteiger charge is -2.40. The second-order valence-corrected chi connectivity index (χ2v) is 17.5. The maximum absolute atomic E-state index is 12.9. The Kier molecular flexibility index (Phi) is 39.3. The van der Waals surface area contributed by atoms with Crippen molar-refractivity contribution in [2.45, 2.75) is 249 Å². The molecule has 63 heavy (non-hydrogen) atoms. The number of allylic oxidation sites excluding steroid dienone is 7. The van der Waals surface area contributed by atoms with Gasteiger partial charge >= 0.3 is 5.97 Å². The fourth-order valence-corrected chi connectivity index (χ4v) is 7.56. The second kappa shape index (κ2) is 42.3. The van der Waals surface area contributed by atoms with Gasteiger partial charge in [-0.3, -0.25) is 9.59 Å². The third kappa shape index (κ3) is 32.9. The van der Waals surface area contributed by atoms with E-state index in [-0.39, 0.29) is 18.5 Å². The quantitative estimate of drug-likeness (QED) is 0.0150. The lowest BCUT2D eigenvalue weighted by Crippen LogP contribution is -2.60. The van der Waals surface area contributed by atoms with Crippen LogP contribution in [0, 0.1) is 0 Å². The van der Waals surface area contributed by atoms with Gasteiger partial charge in [0.1, 0.15) is 24.4 Å². The largest absolute Gasteiger partial charge is 0.466 e. The van der Waals surface area contributed by atoms with E-state index in [1.165, 1.54) is 77.0 Å². The van der Waals surface area contributed by atoms with Gasteiger partial charge in [-0.05, 0) is 77.0 Å². The van der Waals surface area contributed by atoms with Crippen molar-refractivity contribution < 1.29 is 49.3 Å². The number of esters is 1. The fraction of sp³-hybridized carbons (Fsp3) is 0.808. The monoisotopic (exact) mass is 892 g/mol. The average molecular weight is 892 g/mol. The molecule has 1 amide bonds. The predicted molar refractivity (Wildman–Crippen MR) is 255 cm³/mol. The minimum absolute atomic E-state index is 0.0434. The molecule has 11 heteroatoms. The number of carbonyl (C=O) groups excluding carboxylic acids is 2. The van der Waals surface area contributed by atoms with Crippen molar-refractivity contribution in [3.8, 4) is 0 Å². The highest BCUT2D eigenvalue weighted by Crippen LogP contribution is 2.22. The van der Waals surface area contributed by atoms with E-state index in [4.69, 9.17) is 14.2 Å². The van der Waals surface area contributed by atoms with Crippen molar-refractivity contribution in [1.29, 1.82) is 0 Å². The molecule has 0 aliphatic carbocycles. The van der Waals surface area contributed by atoms with Crippen LogP contribution < -0.4 is 5.32 Å². The Morgan fingerprint density at radius 3 is 1.70 bits per heavy atom. The zero-order valence-corrected chi connectivity index (χ0v) is 39.8. The van der Waals surface area contributed by atoms with E-state index < -0.39 is 49.5 Å². The maximum atomic E-state index is 12.9. The van der Waals surface area contributed by atoms with Crippen molar-refractivity contribution in [2.24, 2.45) is 0 Å². The van der Waals surface area contributed by atoms with Gasteiger partial charge in [0.25, 0.3) is 0 Å². The number of aliphatic hydroxyl groups is 5. The minimum Gasteiger partial charge on any atom is -0.466 e. The summed E-state index contributed by atoms with van der Waals surface area (Å²) in [5, 5.41) is 54.0. The summed E-state index contributed by atoms with van der Waals surface area (Å²) >= 11 is 0. The van der Waals surface area contributed by atoms with Crippen molar-refractivity contribution >= 4 is 11.9 Å². The molecule has 7 atom stereocenters. The zero-order chi connectivity index (χ0) is 46.0. The standard InChI is InChI=1S/C52H93NO10/c1-3-5-7-9-11-13-19-24-28-32-36-40-48(57)61-41-37-33-29-25-21-18-16-14-15-17-20-23-27-31-35-39-47(56)53-44(45(55)38-34-30-26-22-12-10-8-6-4-2)43-62-52-51(60)50(59)49(58)46(42-54)63-52/h12,14,16,18,21-22,34,38,44-46,49-52,54-55,58-60H,3-11,13,15,17,19-20,23-33,35-37,39-43H2,1-2H3,(H,53,56)/b16-14-,21-18-,22-12+,38-34+. The van der Waals surface area contributed by atoms with Crippen LogP contribution in [0.1, 0.15) is 206 Å². The van der Waals surface area contributed by atoms with E-state index >= 15 is 0 Å². The summed E-state index contributed by atoms with van der Waals surface area (Å²) in [5.74, 6) is -0.262. The average Bonchev–Trinajstić information content (AvgIpc) is 3.28. The maximum Gasteiger partial charge on any atom is 0.305 e. The molecule has 1 rings (SSSR count). The number of amides is 1. The topological polar surface area (TPSA) is 175 Å². The first-order chi connectivity index (χ1) is 30.7. The normalized spacial score (nSPS) is 20.4. The molecule has 0 aromatic heterocycles. The molecule has 0 radical (unpaired) electrons. The number of nitrogens with one attached hydrogen (secondary N) is 1. The number of hydrogen-bond acceptors (Lipinski definition) is 10. The molecule has 366 valence electrons. The summed E-state index contributed by atoms with van der Waals surface area (Å²) in [7, 11) is 0. The van der Waals surface area contributed by atoms with Crippen LogP contribution in [-0.4, -0.2) is 100 Å². The summed E-state index contributed by atoms with van der Waals surface area (Å²) in [4.78, 5) is 24.9. The predicted octanol–water partition coefficient (Wildman–Crippen LogP) is 10.2. The molecule has 0 aromatic rings. The Morgan fingerprint density at radius 1 is 0.587 bits per heavy atom. The second-order valence-electron chi connectivity index (χ2n) is 17.5. The van der Waals surface area contributed by atoms with Crippen LogP contribution in [0.2, 0.25) is 0 Å². The number of ether oxygens (including phenoxy) is 3. The van der Waals surface area contributed by atoms with Gasteiger partial charge in [0.2, 0.25) is 5.91 Å². The van der Waals surface area contributed by atoms with Crippen LogP contribution in [0.3, 0.4) is 0 Å². The van der Waals surface area contributed by atoms with Crippen LogP contribution >= 0.6 is 0 Å². The number of unbranched alkanes of at least 4 members (excludes halogenated alkanes) is 23. The highest BCUT2D eigenvalue weighted by atomic mass is 16.7. The molecule has 0 bridgehead atoms. The molecule has 0 aromatic carbocycles. The molecule has 1 aliphatic heterocycles. The number of hydrogen-bond donors (Lipinski definition) is 6. The molecule has 11 nitrogen and oxygen atoms in total. The Labute approximate surface area is 383 Å². The van der Waals surface area contributed by atoms with Gasteiger partial charge in [-0.1, -0.05) is 165 Å². The highest BCUT2D eigenvalue weighted by Gasteiger charge is 2.44. The molecule has 1 saturated heterocycles. The zero-order valence-electron chi connectivity index (χ0n) is 39.8. The first-order valence-electron chi connectivity index (χ1n) is 25.4. The number of aliphatic hydroxyl groups excluding tert-OH is 5. The summed E-state index contributed by atoms with van der Waals surface area (Å²) in [5.41, 5.74) is 0. The first-order valence-corrected chi connectivity index (χ1v) is 25.4. The molecule has 1 fully saturated rings. The lowest BCUT2D eigenvalue weighted by atomic mass is 9.99. The van der Waals surface area contributed by atoms with Gasteiger partial charge < -0.3 is 45.1 Å². The van der Waals surface area contributed by atoms with Crippen LogP contribution in [0.25, 0.3) is 0 Å². The molecule has 1 heterocycles. The Bertz CT molecular complexity index is 1190. The molecule has 6 N–H and O–H groups in total. The minimum atomic E-state index is -1.58. The molecule has 7 unspecified atom stereocenters. The van der Waals surface area contributed by atoms with Crippen molar-refractivity contribution in [3.05, 3.63) is 48.6 Å². The van der Waals surface area contributed by atoms with Crippen LogP contribution in [0.15, 0.2) is 48.6 Å². The van der Waals surface area contributed by atoms with Gasteiger partial charge in [0.05, 0.1) is 32.0 Å². The summed E-state index contributed by atoms with van der Waals surface area (Å²) in [6, 6.07) is -0.842. The molecule has 1 aliphatic rings. The summed E-state index contributed by atoms with van der Waals surface area (Å²) < 4.78 is 16.6. The molecular formula is C52H93NO10. The van der Waals surface area contributed by atoms with Crippen LogP contribution in [-0.2, 0) is 23.8 Å². The Hall–Kier alpha value is -2.38. The highest BCUT2D eigenvalue weighted by molar-refractivity contribution is 5.76. The van der Waals surface area contributed by atoms with Crippen molar-refractivity contribution in [1.82, 2.24) is 5.32 Å². The molecule has 0 spiro atoms. The first kappa shape index (κ1) is 58.6. The van der Waals surface area contributed by atoms with Gasteiger partial charge in [-0.2, -0.15) is 0 Å². The van der Waals surface area contributed by atoms with Crippen LogP contribution in [0.5, 0.6) is 0 Å². The van der Waals surface area contributed by atoms with E-state index in [0.717, 1.165) is 103 Å². The Balaban J connectivity index is 2.18. The third-order valence-electron chi connectivity index (χ3n) is 11.7. The van der Waals surface area contributed by atoms with Gasteiger partial charge in [0.15, 0.2) is 6.29 Å². The van der Waals surface area contributed by atoms with Gasteiger partial charge in [-0.15, -0.1) is 0 Å². The van der Waals surface area contributed by atoms with Gasteiger partial charge in [0, 0.05) is 12.8 Å². The van der Waals surface area contributed by atoms with E-state index in [2.05, 4.69) is 55.6 Å². The molecule has 0 saturated carbocycles. The van der Waals surface area contributed by atoms with E-state index in [9.17, 15) is 35.1 Å². The number of carbonyl (C=O) groups is 2. The van der Waals surface area contributed by atoms with E-state index in [1.54, 1.807) is 6.08 Å². The SMILES string of the molecule is CCCCC/C=C/CC/C=C/C(O)C(COC1OC(CO)C(O)C(O)C1O)NC(=O)CCCCCCCC/C=C\C=C/CCCCCOC(=O)CCCCCCCCCCCCC. The van der Waals surface area contributed by atoms with Crippen molar-refractivity contribution in [2.75, 3.05) is 19.8 Å². The smallest absolute Gasteiger partial charge is 0.305 e. The van der Waals surface area contributed by atoms with Crippen LogP contribution in [0.4, 0.5) is 0 Å². The Morgan fingerprint density at radius 2 is 1.08 bits per heavy atom. The lowest BCUT2D eigenvalue weighted by molar-refractivity contribution is -0.302. The third-order valence-corrected chi connectivity index (χ3v) is 11.7.